The van der Waals surface area contributed by atoms with Crippen molar-refractivity contribution in [3.05, 3.63) is 75.3 Å². The molecule has 0 saturated heterocycles. The maximum absolute atomic E-state index is 12.2. The van der Waals surface area contributed by atoms with Crippen molar-refractivity contribution in [3.8, 4) is 0 Å². The highest BCUT2D eigenvalue weighted by Gasteiger charge is 2.13. The number of carbonyl (C=O) groups is 1. The third-order valence-electron chi connectivity index (χ3n) is 3.41. The Bertz CT molecular complexity index is 847. The molecule has 116 valence electrons. The number of hydrogen-bond acceptors (Lipinski definition) is 4. The molecule has 1 N–H and O–H groups in total. The fourth-order valence-electron chi connectivity index (χ4n) is 2.16. The van der Waals surface area contributed by atoms with Gasteiger partial charge in [0.1, 0.15) is 5.01 Å². The van der Waals surface area contributed by atoms with E-state index in [1.165, 1.54) is 22.5 Å². The Kier molecular flexibility index (Phi) is 4.69. The number of hydrogen-bond donors (Lipinski definition) is 1. The minimum absolute atomic E-state index is 0.283. The molecule has 0 saturated carbocycles. The number of aromatic nitrogens is 2. The van der Waals surface area contributed by atoms with Crippen molar-refractivity contribution in [2.24, 2.45) is 0 Å². The first kappa shape index (κ1) is 15.6. The predicted molar refractivity (Wildman–Crippen MR) is 93.3 cm³/mol. The van der Waals surface area contributed by atoms with Crippen LogP contribution in [0.25, 0.3) is 0 Å². The van der Waals surface area contributed by atoms with E-state index in [9.17, 15) is 4.79 Å². The van der Waals surface area contributed by atoms with Gasteiger partial charge in [0.25, 0.3) is 5.91 Å². The zero-order valence-electron chi connectivity index (χ0n) is 12.4. The number of aryl methyl sites for hydroxylation is 1. The standard InChI is InChI=1S/C17H14ClN3OS/c1-11-6-2-3-7-12(11)10-15-20-21-17(23-15)19-16(22)13-8-4-5-9-14(13)18/h2-9H,10H2,1H3,(H,19,21,22). The zero-order chi connectivity index (χ0) is 16.2. The van der Waals surface area contributed by atoms with Crippen molar-refractivity contribution in [1.29, 1.82) is 0 Å². The average Bonchev–Trinajstić information content (AvgIpc) is 2.97. The van der Waals surface area contributed by atoms with E-state index in [0.717, 1.165) is 5.01 Å². The Hall–Kier alpha value is -2.24. The molecule has 3 rings (SSSR count). The van der Waals surface area contributed by atoms with Crippen LogP contribution in [0.1, 0.15) is 26.5 Å². The molecule has 2 aromatic carbocycles. The highest BCUT2D eigenvalue weighted by Crippen LogP contribution is 2.22. The second kappa shape index (κ2) is 6.89. The number of anilines is 1. The summed E-state index contributed by atoms with van der Waals surface area (Å²) in [6.45, 7) is 2.07. The molecule has 0 unspecified atom stereocenters. The van der Waals surface area contributed by atoms with Crippen LogP contribution < -0.4 is 5.32 Å². The van der Waals surface area contributed by atoms with Crippen LogP contribution in [0, 0.1) is 6.92 Å². The van der Waals surface area contributed by atoms with Gasteiger partial charge in [0.05, 0.1) is 10.6 Å². The monoisotopic (exact) mass is 343 g/mol. The summed E-state index contributed by atoms with van der Waals surface area (Å²) in [6.07, 6.45) is 0.701. The summed E-state index contributed by atoms with van der Waals surface area (Å²) in [7, 11) is 0. The number of rotatable bonds is 4. The van der Waals surface area contributed by atoms with Crippen molar-refractivity contribution in [2.45, 2.75) is 13.3 Å². The van der Waals surface area contributed by atoms with Crippen LogP contribution in [0.3, 0.4) is 0 Å². The lowest BCUT2D eigenvalue weighted by molar-refractivity contribution is 0.102. The highest BCUT2D eigenvalue weighted by atomic mass is 35.5. The fraction of sp³-hybridized carbons (Fsp3) is 0.118. The molecule has 0 aliphatic rings. The number of benzene rings is 2. The molecular weight excluding hydrogens is 330 g/mol. The molecule has 6 heteroatoms. The molecule has 0 aliphatic carbocycles. The van der Waals surface area contributed by atoms with Crippen LogP contribution in [-0.2, 0) is 6.42 Å². The fourth-order valence-corrected chi connectivity index (χ4v) is 3.14. The average molecular weight is 344 g/mol. The first-order chi connectivity index (χ1) is 11.1. The molecule has 1 amide bonds. The first-order valence-corrected chi connectivity index (χ1v) is 8.25. The van der Waals surface area contributed by atoms with Crippen LogP contribution in [-0.4, -0.2) is 16.1 Å². The van der Waals surface area contributed by atoms with E-state index in [2.05, 4.69) is 34.6 Å². The number of amides is 1. The van der Waals surface area contributed by atoms with Gasteiger partial charge in [0.2, 0.25) is 5.13 Å². The largest absolute Gasteiger partial charge is 0.296 e. The molecule has 0 atom stereocenters. The summed E-state index contributed by atoms with van der Waals surface area (Å²) in [6, 6.07) is 15.1. The third kappa shape index (κ3) is 3.75. The van der Waals surface area contributed by atoms with Gasteiger partial charge in [-0.25, -0.2) is 0 Å². The normalized spacial score (nSPS) is 10.5. The van der Waals surface area contributed by atoms with E-state index >= 15 is 0 Å². The molecule has 0 radical (unpaired) electrons. The summed E-state index contributed by atoms with van der Waals surface area (Å²) in [5.41, 5.74) is 2.84. The summed E-state index contributed by atoms with van der Waals surface area (Å²) in [5.74, 6) is -0.283. The van der Waals surface area contributed by atoms with Gasteiger partial charge in [-0.2, -0.15) is 0 Å². The molecule has 23 heavy (non-hydrogen) atoms. The summed E-state index contributed by atoms with van der Waals surface area (Å²) in [5, 5.41) is 12.7. The van der Waals surface area contributed by atoms with E-state index in [0.29, 0.717) is 22.1 Å². The van der Waals surface area contributed by atoms with Crippen LogP contribution in [0.5, 0.6) is 0 Å². The number of nitrogens with zero attached hydrogens (tertiary/aromatic N) is 2. The van der Waals surface area contributed by atoms with Gasteiger partial charge < -0.3 is 0 Å². The summed E-state index contributed by atoms with van der Waals surface area (Å²) < 4.78 is 0. The smallest absolute Gasteiger partial charge is 0.259 e. The second-order valence-electron chi connectivity index (χ2n) is 5.04. The van der Waals surface area contributed by atoms with Crippen molar-refractivity contribution < 1.29 is 4.79 Å². The molecule has 0 bridgehead atoms. The Morgan fingerprint density at radius 2 is 1.87 bits per heavy atom. The first-order valence-electron chi connectivity index (χ1n) is 7.06. The van der Waals surface area contributed by atoms with Crippen molar-refractivity contribution in [2.75, 3.05) is 5.32 Å². The minimum Gasteiger partial charge on any atom is -0.296 e. The third-order valence-corrected chi connectivity index (χ3v) is 4.58. The molecule has 0 fully saturated rings. The quantitative estimate of drug-likeness (QED) is 0.766. The van der Waals surface area contributed by atoms with Crippen LogP contribution in [0.4, 0.5) is 5.13 Å². The molecule has 0 spiro atoms. The van der Waals surface area contributed by atoms with E-state index < -0.39 is 0 Å². The highest BCUT2D eigenvalue weighted by molar-refractivity contribution is 7.15. The van der Waals surface area contributed by atoms with Gasteiger partial charge in [0.15, 0.2) is 0 Å². The van der Waals surface area contributed by atoms with Gasteiger partial charge in [-0.3, -0.25) is 10.1 Å². The van der Waals surface area contributed by atoms with Gasteiger partial charge in [0, 0.05) is 6.42 Å². The van der Waals surface area contributed by atoms with Crippen LogP contribution in [0.15, 0.2) is 48.5 Å². The van der Waals surface area contributed by atoms with E-state index in [1.807, 2.05) is 12.1 Å². The summed E-state index contributed by atoms with van der Waals surface area (Å²) in [4.78, 5) is 12.2. The summed E-state index contributed by atoms with van der Waals surface area (Å²) >= 11 is 7.39. The van der Waals surface area contributed by atoms with E-state index in [1.54, 1.807) is 24.3 Å². The van der Waals surface area contributed by atoms with Crippen LogP contribution >= 0.6 is 22.9 Å². The molecule has 1 heterocycles. The van der Waals surface area contributed by atoms with E-state index in [-0.39, 0.29) is 5.91 Å². The number of nitrogens with one attached hydrogen (secondary N) is 1. The lowest BCUT2D eigenvalue weighted by Crippen LogP contribution is -2.12. The maximum atomic E-state index is 12.2. The van der Waals surface area contributed by atoms with Gasteiger partial charge >= 0.3 is 0 Å². The number of carbonyl (C=O) groups excluding carboxylic acids is 1. The molecule has 0 aliphatic heterocycles. The SMILES string of the molecule is Cc1ccccc1Cc1nnc(NC(=O)c2ccccc2Cl)s1. The molecule has 4 nitrogen and oxygen atoms in total. The number of halogens is 1. The van der Waals surface area contributed by atoms with Crippen molar-refractivity contribution in [1.82, 2.24) is 10.2 Å². The van der Waals surface area contributed by atoms with E-state index in [4.69, 9.17) is 11.6 Å². The predicted octanol–water partition coefficient (Wildman–Crippen LogP) is 4.34. The molecular formula is C17H14ClN3OS. The Morgan fingerprint density at radius 1 is 1.13 bits per heavy atom. The molecule has 3 aromatic rings. The van der Waals surface area contributed by atoms with Crippen molar-refractivity contribution in [3.63, 3.8) is 0 Å². The van der Waals surface area contributed by atoms with Gasteiger partial charge in [-0.1, -0.05) is 59.3 Å². The van der Waals surface area contributed by atoms with Gasteiger partial charge in [-0.05, 0) is 30.2 Å². The second-order valence-corrected chi connectivity index (χ2v) is 6.51. The van der Waals surface area contributed by atoms with Crippen molar-refractivity contribution >= 4 is 34.0 Å². The van der Waals surface area contributed by atoms with Gasteiger partial charge in [-0.15, -0.1) is 10.2 Å². The lowest BCUT2D eigenvalue weighted by Gasteiger charge is -2.03. The minimum atomic E-state index is -0.283. The topological polar surface area (TPSA) is 54.9 Å². The Morgan fingerprint density at radius 3 is 2.65 bits per heavy atom. The molecule has 1 aromatic heterocycles. The lowest BCUT2D eigenvalue weighted by atomic mass is 10.1. The van der Waals surface area contributed by atoms with Crippen LogP contribution in [0.2, 0.25) is 5.02 Å². The zero-order valence-corrected chi connectivity index (χ0v) is 14.0. The Labute approximate surface area is 143 Å². The maximum Gasteiger partial charge on any atom is 0.259 e. The Balaban J connectivity index is 1.72.